The summed E-state index contributed by atoms with van der Waals surface area (Å²) in [6.07, 6.45) is -1.35. The lowest BCUT2D eigenvalue weighted by atomic mass is 10.1. The van der Waals surface area contributed by atoms with Gasteiger partial charge in [-0.3, -0.25) is 0 Å². The van der Waals surface area contributed by atoms with Crippen LogP contribution in [0.15, 0.2) is 24.3 Å². The monoisotopic (exact) mass is 301 g/mol. The highest BCUT2D eigenvalue weighted by Gasteiger charge is 2.33. The van der Waals surface area contributed by atoms with Crippen molar-refractivity contribution >= 4 is 11.7 Å². The maximum atomic E-state index is 12.8. The molecule has 1 aliphatic carbocycles. The molecule has 0 radical (unpaired) electrons. The zero-order valence-corrected chi connectivity index (χ0v) is 11.5. The highest BCUT2D eigenvalue weighted by Crippen LogP contribution is 2.34. The van der Waals surface area contributed by atoms with Gasteiger partial charge >= 0.3 is 12.2 Å². The standard InChI is InChI=1S/C14H18F3N3O/c15-14(16,17)11-4-1-2-5-12(11)20-13(21)19-9-3-8-18-10-6-7-10/h1-2,4-5,10,18H,3,6-9H2,(H2,19,20,21). The molecular formula is C14H18F3N3O. The van der Waals surface area contributed by atoms with Crippen LogP contribution in [0.2, 0.25) is 0 Å². The second-order valence-corrected chi connectivity index (χ2v) is 5.01. The fraction of sp³-hybridized carbons (Fsp3) is 0.500. The second-order valence-electron chi connectivity index (χ2n) is 5.01. The van der Waals surface area contributed by atoms with E-state index < -0.39 is 17.8 Å². The minimum atomic E-state index is -4.49. The second kappa shape index (κ2) is 6.80. The van der Waals surface area contributed by atoms with Crippen LogP contribution in [0, 0.1) is 0 Å². The van der Waals surface area contributed by atoms with Gasteiger partial charge in [-0.1, -0.05) is 12.1 Å². The molecule has 4 nitrogen and oxygen atoms in total. The molecule has 1 aromatic carbocycles. The van der Waals surface area contributed by atoms with Crippen LogP contribution >= 0.6 is 0 Å². The predicted molar refractivity (Wildman–Crippen MR) is 74.1 cm³/mol. The van der Waals surface area contributed by atoms with Crippen LogP contribution in [0.25, 0.3) is 0 Å². The van der Waals surface area contributed by atoms with Gasteiger partial charge in [-0.25, -0.2) is 4.79 Å². The molecule has 3 N–H and O–H groups in total. The predicted octanol–water partition coefficient (Wildman–Crippen LogP) is 2.97. The average Bonchev–Trinajstić information content (AvgIpc) is 3.22. The van der Waals surface area contributed by atoms with Crippen LogP contribution < -0.4 is 16.0 Å². The Morgan fingerprint density at radius 2 is 1.90 bits per heavy atom. The Labute approximate surface area is 121 Å². The number of alkyl halides is 3. The highest BCUT2D eigenvalue weighted by molar-refractivity contribution is 5.90. The molecule has 1 aliphatic rings. The van der Waals surface area contributed by atoms with Crippen LogP contribution in [0.1, 0.15) is 24.8 Å². The molecule has 0 atom stereocenters. The number of para-hydroxylation sites is 1. The molecule has 1 aromatic rings. The zero-order chi connectivity index (χ0) is 15.3. The molecule has 0 aromatic heterocycles. The van der Waals surface area contributed by atoms with E-state index in [1.807, 2.05) is 0 Å². The Bertz CT molecular complexity index is 487. The van der Waals surface area contributed by atoms with E-state index >= 15 is 0 Å². The van der Waals surface area contributed by atoms with Gasteiger partial charge in [0.2, 0.25) is 0 Å². The Morgan fingerprint density at radius 3 is 2.57 bits per heavy atom. The minimum absolute atomic E-state index is 0.237. The summed E-state index contributed by atoms with van der Waals surface area (Å²) in [6.45, 7) is 1.21. The summed E-state index contributed by atoms with van der Waals surface area (Å²) in [5.41, 5.74) is -1.09. The number of carbonyl (C=O) groups is 1. The number of hydrogen-bond acceptors (Lipinski definition) is 2. The SMILES string of the molecule is O=C(NCCCNC1CC1)Nc1ccccc1C(F)(F)F. The van der Waals surface area contributed by atoms with Crippen molar-refractivity contribution in [1.82, 2.24) is 10.6 Å². The maximum absolute atomic E-state index is 12.8. The van der Waals surface area contributed by atoms with Crippen LogP contribution in [-0.4, -0.2) is 25.2 Å². The Kier molecular flexibility index (Phi) is 5.06. The number of nitrogens with one attached hydrogen (secondary N) is 3. The molecule has 0 spiro atoms. The number of rotatable bonds is 6. The topological polar surface area (TPSA) is 53.2 Å². The molecule has 0 saturated heterocycles. The van der Waals surface area contributed by atoms with Gasteiger partial charge < -0.3 is 16.0 Å². The van der Waals surface area contributed by atoms with Crippen molar-refractivity contribution in [3.63, 3.8) is 0 Å². The fourth-order valence-corrected chi connectivity index (χ4v) is 1.89. The van der Waals surface area contributed by atoms with Gasteiger partial charge in [0.25, 0.3) is 0 Å². The number of anilines is 1. The van der Waals surface area contributed by atoms with Gasteiger partial charge in [-0.15, -0.1) is 0 Å². The first-order valence-corrected chi connectivity index (χ1v) is 6.91. The molecule has 21 heavy (non-hydrogen) atoms. The lowest BCUT2D eigenvalue weighted by Crippen LogP contribution is -2.32. The molecule has 0 heterocycles. The summed E-state index contributed by atoms with van der Waals surface area (Å²) in [7, 11) is 0. The minimum Gasteiger partial charge on any atom is -0.338 e. The van der Waals surface area contributed by atoms with E-state index in [1.54, 1.807) is 0 Å². The summed E-state index contributed by atoms with van der Waals surface area (Å²) in [4.78, 5) is 11.6. The summed E-state index contributed by atoms with van der Waals surface area (Å²) in [5.74, 6) is 0. The molecule has 2 amide bonds. The molecule has 2 rings (SSSR count). The molecule has 116 valence electrons. The first kappa shape index (κ1) is 15.6. The molecule has 0 unspecified atom stereocenters. The largest absolute Gasteiger partial charge is 0.418 e. The number of hydrogen-bond donors (Lipinski definition) is 3. The van der Waals surface area contributed by atoms with Crippen molar-refractivity contribution in [2.75, 3.05) is 18.4 Å². The Hall–Kier alpha value is -1.76. The zero-order valence-electron chi connectivity index (χ0n) is 11.5. The van der Waals surface area contributed by atoms with Gasteiger partial charge in [0.05, 0.1) is 11.3 Å². The number of carbonyl (C=O) groups excluding carboxylic acids is 1. The lowest BCUT2D eigenvalue weighted by molar-refractivity contribution is -0.136. The third-order valence-electron chi connectivity index (χ3n) is 3.13. The van der Waals surface area contributed by atoms with Crippen molar-refractivity contribution < 1.29 is 18.0 Å². The van der Waals surface area contributed by atoms with Gasteiger partial charge in [0, 0.05) is 12.6 Å². The van der Waals surface area contributed by atoms with Crippen LogP contribution in [-0.2, 0) is 6.18 Å². The van der Waals surface area contributed by atoms with E-state index in [2.05, 4.69) is 16.0 Å². The van der Waals surface area contributed by atoms with Crippen molar-refractivity contribution in [3.8, 4) is 0 Å². The van der Waals surface area contributed by atoms with Crippen molar-refractivity contribution in [3.05, 3.63) is 29.8 Å². The summed E-state index contributed by atoms with van der Waals surface area (Å²) < 4.78 is 38.3. The lowest BCUT2D eigenvalue weighted by Gasteiger charge is -2.14. The van der Waals surface area contributed by atoms with E-state index in [9.17, 15) is 18.0 Å². The number of urea groups is 1. The van der Waals surface area contributed by atoms with E-state index in [-0.39, 0.29) is 5.69 Å². The molecule has 1 saturated carbocycles. The molecule has 0 aliphatic heterocycles. The molecule has 1 fully saturated rings. The van der Waals surface area contributed by atoms with Crippen LogP contribution in [0.4, 0.5) is 23.7 Å². The maximum Gasteiger partial charge on any atom is 0.418 e. The third kappa shape index (κ3) is 5.26. The van der Waals surface area contributed by atoms with Crippen molar-refractivity contribution in [1.29, 1.82) is 0 Å². The third-order valence-corrected chi connectivity index (χ3v) is 3.13. The molecule has 0 bridgehead atoms. The normalized spacial score (nSPS) is 14.8. The number of benzene rings is 1. The van der Waals surface area contributed by atoms with Crippen LogP contribution in [0.5, 0.6) is 0 Å². The van der Waals surface area contributed by atoms with Gasteiger partial charge in [-0.05, 0) is 37.9 Å². The van der Waals surface area contributed by atoms with Gasteiger partial charge in [0.15, 0.2) is 0 Å². The highest BCUT2D eigenvalue weighted by atomic mass is 19.4. The van der Waals surface area contributed by atoms with Crippen molar-refractivity contribution in [2.45, 2.75) is 31.5 Å². The number of halogens is 3. The first-order valence-electron chi connectivity index (χ1n) is 6.91. The first-order chi connectivity index (χ1) is 9.97. The van der Waals surface area contributed by atoms with E-state index in [1.165, 1.54) is 31.0 Å². The van der Waals surface area contributed by atoms with Gasteiger partial charge in [-0.2, -0.15) is 13.2 Å². The summed E-state index contributed by atoms with van der Waals surface area (Å²) in [5, 5.41) is 8.07. The summed E-state index contributed by atoms with van der Waals surface area (Å²) in [6, 6.07) is 4.89. The fourth-order valence-electron chi connectivity index (χ4n) is 1.89. The number of amides is 2. The van der Waals surface area contributed by atoms with Crippen molar-refractivity contribution in [2.24, 2.45) is 0 Å². The van der Waals surface area contributed by atoms with Gasteiger partial charge in [0.1, 0.15) is 0 Å². The Balaban J connectivity index is 1.76. The summed E-state index contributed by atoms with van der Waals surface area (Å²) >= 11 is 0. The van der Waals surface area contributed by atoms with E-state index in [4.69, 9.17) is 0 Å². The smallest absolute Gasteiger partial charge is 0.338 e. The quantitative estimate of drug-likeness (QED) is 0.708. The Morgan fingerprint density at radius 1 is 1.19 bits per heavy atom. The average molecular weight is 301 g/mol. The van der Waals surface area contributed by atoms with E-state index in [0.717, 1.165) is 19.0 Å². The molecular weight excluding hydrogens is 283 g/mol. The molecule has 7 heteroatoms. The van der Waals surface area contributed by atoms with Crippen LogP contribution in [0.3, 0.4) is 0 Å². The van der Waals surface area contributed by atoms with E-state index in [0.29, 0.717) is 12.6 Å².